The van der Waals surface area contributed by atoms with Gasteiger partial charge in [0, 0.05) is 20.1 Å². The van der Waals surface area contributed by atoms with Crippen molar-refractivity contribution in [2.75, 3.05) is 13.2 Å². The van der Waals surface area contributed by atoms with Crippen molar-refractivity contribution in [2.24, 2.45) is 17.8 Å². The van der Waals surface area contributed by atoms with Gasteiger partial charge in [-0.3, -0.25) is 33.6 Å². The number of hydrogen-bond acceptors (Lipinski definition) is 10. The summed E-state index contributed by atoms with van der Waals surface area (Å²) in [6, 6.07) is -6.05. The Morgan fingerprint density at radius 1 is 0.956 bits per heavy atom. The van der Waals surface area contributed by atoms with E-state index in [9.17, 15) is 43.8 Å². The zero-order valence-corrected chi connectivity index (χ0v) is 26.8. The molecule has 254 valence electrons. The standard InChI is InChI=1S/C29H47N5O11/c1-13(2)12-44-19-8-9-34(24(19)27(41)32-18-11-21(38)45-29(18)43)28(42)23(15(5)6)33-25(39)17(10-20(36)37)31-26(40)22(14(3)4)30-16(7)35/h13-15,17-19,22-24,29,43H,8-12H2,1-7H3,(H,30,35)(H,31,40)(H,32,41)(H,33,39)(H,36,37)/t17-,18-,19-,22-,23-,24-,29?/m0/s1. The number of likely N-dealkylation sites (tertiary alicyclic amines) is 1. The molecule has 2 rings (SSSR count). The van der Waals surface area contributed by atoms with E-state index in [4.69, 9.17) is 9.47 Å². The van der Waals surface area contributed by atoms with Gasteiger partial charge >= 0.3 is 11.9 Å². The Kier molecular flexibility index (Phi) is 13.7. The number of aliphatic hydroxyl groups excluding tert-OH is 1. The first-order valence-electron chi connectivity index (χ1n) is 15.1. The second-order valence-corrected chi connectivity index (χ2v) is 12.5. The molecule has 0 bridgehead atoms. The number of rotatable bonds is 15. The van der Waals surface area contributed by atoms with E-state index < -0.39 is 96.4 Å². The molecular formula is C29H47N5O11. The van der Waals surface area contributed by atoms with Crippen molar-refractivity contribution in [3.8, 4) is 0 Å². The predicted molar refractivity (Wildman–Crippen MR) is 157 cm³/mol. The number of nitrogens with one attached hydrogen (secondary N) is 4. The molecule has 45 heavy (non-hydrogen) atoms. The molecule has 1 unspecified atom stereocenters. The van der Waals surface area contributed by atoms with Gasteiger partial charge in [-0.05, 0) is 24.2 Å². The van der Waals surface area contributed by atoms with Crippen molar-refractivity contribution in [1.82, 2.24) is 26.2 Å². The highest BCUT2D eigenvalue weighted by Crippen LogP contribution is 2.25. The quantitative estimate of drug-likeness (QED) is 0.114. The molecule has 0 radical (unpaired) electrons. The summed E-state index contributed by atoms with van der Waals surface area (Å²) in [6.07, 6.45) is -3.05. The minimum absolute atomic E-state index is 0.0868. The van der Waals surface area contributed by atoms with Gasteiger partial charge in [-0.25, -0.2) is 0 Å². The average Bonchev–Trinajstić information content (AvgIpc) is 3.49. The van der Waals surface area contributed by atoms with Crippen molar-refractivity contribution in [2.45, 2.75) is 110 Å². The smallest absolute Gasteiger partial charge is 0.310 e. The molecule has 0 spiro atoms. The summed E-state index contributed by atoms with van der Waals surface area (Å²) < 4.78 is 10.7. The van der Waals surface area contributed by atoms with Crippen molar-refractivity contribution >= 4 is 41.5 Å². The molecule has 2 heterocycles. The van der Waals surface area contributed by atoms with E-state index >= 15 is 0 Å². The maximum absolute atomic E-state index is 14.0. The number of nitrogens with zero attached hydrogens (tertiary/aromatic N) is 1. The number of carboxylic acid groups (broad SMARTS) is 1. The van der Waals surface area contributed by atoms with Gasteiger partial charge in [0.15, 0.2) is 0 Å². The van der Waals surface area contributed by atoms with Gasteiger partial charge in [0.05, 0.1) is 18.9 Å². The number of carbonyl (C=O) groups is 7. The molecule has 16 nitrogen and oxygen atoms in total. The van der Waals surface area contributed by atoms with Gasteiger partial charge in [-0.15, -0.1) is 0 Å². The van der Waals surface area contributed by atoms with E-state index in [0.717, 1.165) is 0 Å². The number of cyclic esters (lactones) is 1. The Balaban J connectivity index is 2.30. The lowest BCUT2D eigenvalue weighted by molar-refractivity contribution is -0.156. The van der Waals surface area contributed by atoms with Gasteiger partial charge in [-0.2, -0.15) is 0 Å². The lowest BCUT2D eigenvalue weighted by Crippen LogP contribution is -2.61. The van der Waals surface area contributed by atoms with E-state index in [-0.39, 0.29) is 31.2 Å². The average molecular weight is 642 g/mol. The van der Waals surface area contributed by atoms with Gasteiger partial charge in [0.2, 0.25) is 35.8 Å². The molecule has 0 aromatic carbocycles. The van der Waals surface area contributed by atoms with Gasteiger partial charge in [0.25, 0.3) is 0 Å². The molecule has 0 aromatic rings. The first kappa shape index (κ1) is 37.4. The van der Waals surface area contributed by atoms with Crippen LogP contribution in [-0.2, 0) is 43.0 Å². The molecule has 2 fully saturated rings. The Morgan fingerprint density at radius 2 is 1.58 bits per heavy atom. The maximum Gasteiger partial charge on any atom is 0.310 e. The van der Waals surface area contributed by atoms with Crippen molar-refractivity contribution < 1.29 is 53.2 Å². The van der Waals surface area contributed by atoms with Crippen LogP contribution in [0.25, 0.3) is 0 Å². The van der Waals surface area contributed by atoms with E-state index in [1.165, 1.54) is 11.8 Å². The number of amides is 5. The fourth-order valence-electron chi connectivity index (χ4n) is 5.09. The molecule has 2 aliphatic rings. The second kappa shape index (κ2) is 16.5. The van der Waals surface area contributed by atoms with Crippen LogP contribution in [0.15, 0.2) is 0 Å². The number of esters is 1. The lowest BCUT2D eigenvalue weighted by atomic mass is 10.00. The Morgan fingerprint density at radius 3 is 2.07 bits per heavy atom. The minimum atomic E-state index is -1.58. The Hall–Kier alpha value is -3.79. The molecule has 16 heteroatoms. The molecule has 7 atom stereocenters. The highest BCUT2D eigenvalue weighted by atomic mass is 16.6. The molecular weight excluding hydrogens is 594 g/mol. The monoisotopic (exact) mass is 641 g/mol. The summed E-state index contributed by atoms with van der Waals surface area (Å²) in [6.45, 7) is 12.1. The summed E-state index contributed by atoms with van der Waals surface area (Å²) in [5.74, 6) is -6.41. The van der Waals surface area contributed by atoms with Crippen LogP contribution in [0.3, 0.4) is 0 Å². The van der Waals surface area contributed by atoms with Crippen LogP contribution >= 0.6 is 0 Å². The number of carbonyl (C=O) groups excluding carboxylic acids is 6. The first-order chi connectivity index (χ1) is 20.9. The van der Waals surface area contributed by atoms with Crippen LogP contribution in [0, 0.1) is 17.8 Å². The predicted octanol–water partition coefficient (Wildman–Crippen LogP) is -1.36. The number of aliphatic hydroxyl groups is 1. The second-order valence-electron chi connectivity index (χ2n) is 12.5. The third-order valence-electron chi connectivity index (χ3n) is 7.40. The lowest BCUT2D eigenvalue weighted by Gasteiger charge is -2.33. The summed E-state index contributed by atoms with van der Waals surface area (Å²) in [5.41, 5.74) is 0. The van der Waals surface area contributed by atoms with Crippen LogP contribution in [0.5, 0.6) is 0 Å². The van der Waals surface area contributed by atoms with Gasteiger partial charge < -0.3 is 45.9 Å². The first-order valence-corrected chi connectivity index (χ1v) is 15.1. The van der Waals surface area contributed by atoms with Crippen LogP contribution in [0.4, 0.5) is 0 Å². The van der Waals surface area contributed by atoms with Gasteiger partial charge in [-0.1, -0.05) is 41.5 Å². The Labute approximate surface area is 262 Å². The maximum atomic E-state index is 14.0. The number of aliphatic carboxylic acids is 1. The van der Waals surface area contributed by atoms with E-state index in [2.05, 4.69) is 21.3 Å². The van der Waals surface area contributed by atoms with Crippen LogP contribution in [0.2, 0.25) is 0 Å². The SMILES string of the molecule is CC(=O)N[C@H](C(=O)N[C@@H](CC(=O)O)C(=O)N[C@H](C(=O)N1CC[C@H](OCC(C)C)[C@H]1C(=O)N[C@H]1CC(=O)OC1O)C(C)C)C(C)C. The summed E-state index contributed by atoms with van der Waals surface area (Å²) in [4.78, 5) is 89.9. The molecule has 0 aromatic heterocycles. The van der Waals surface area contributed by atoms with Crippen molar-refractivity contribution in [3.63, 3.8) is 0 Å². The van der Waals surface area contributed by atoms with Gasteiger partial charge in [0.1, 0.15) is 30.2 Å². The largest absolute Gasteiger partial charge is 0.481 e. The minimum Gasteiger partial charge on any atom is -0.481 e. The molecule has 2 aliphatic heterocycles. The molecule has 2 saturated heterocycles. The summed E-state index contributed by atoms with van der Waals surface area (Å²) in [5, 5.41) is 29.4. The zero-order chi connectivity index (χ0) is 34.2. The fourth-order valence-corrected chi connectivity index (χ4v) is 5.09. The highest BCUT2D eigenvalue weighted by Gasteiger charge is 2.47. The molecule has 5 amide bonds. The van der Waals surface area contributed by atoms with Crippen molar-refractivity contribution in [1.29, 1.82) is 0 Å². The number of carboxylic acids is 1. The molecule has 0 aliphatic carbocycles. The fraction of sp³-hybridized carbons (Fsp3) is 0.759. The van der Waals surface area contributed by atoms with Crippen LogP contribution in [-0.4, -0.2) is 112 Å². The van der Waals surface area contributed by atoms with Crippen molar-refractivity contribution in [3.05, 3.63) is 0 Å². The van der Waals surface area contributed by atoms with Crippen LogP contribution < -0.4 is 21.3 Å². The summed E-state index contributed by atoms with van der Waals surface area (Å²) in [7, 11) is 0. The van der Waals surface area contributed by atoms with Crippen LogP contribution in [0.1, 0.15) is 67.7 Å². The zero-order valence-electron chi connectivity index (χ0n) is 26.8. The Bertz CT molecular complexity index is 1130. The highest BCUT2D eigenvalue weighted by molar-refractivity contribution is 5.97. The topological polar surface area (TPSA) is 230 Å². The third kappa shape index (κ3) is 10.7. The third-order valence-corrected chi connectivity index (χ3v) is 7.40. The molecule has 6 N–H and O–H groups in total. The molecule has 0 saturated carbocycles. The van der Waals surface area contributed by atoms with E-state index in [1.807, 2.05) is 13.8 Å². The van der Waals surface area contributed by atoms with E-state index in [1.54, 1.807) is 27.7 Å². The summed E-state index contributed by atoms with van der Waals surface area (Å²) >= 11 is 0. The normalized spacial score (nSPS) is 23.4. The number of hydrogen-bond donors (Lipinski definition) is 6. The number of ether oxygens (including phenoxy) is 2. The van der Waals surface area contributed by atoms with E-state index in [0.29, 0.717) is 6.61 Å².